The number of hydrogen-bond acceptors (Lipinski definition) is 7. The van der Waals surface area contributed by atoms with Gasteiger partial charge >= 0.3 is 0 Å². The molecule has 1 aliphatic heterocycles. The van der Waals surface area contributed by atoms with E-state index in [1.54, 1.807) is 11.3 Å². The Morgan fingerprint density at radius 2 is 2.07 bits per heavy atom. The first-order valence-corrected chi connectivity index (χ1v) is 11.5. The molecule has 8 heteroatoms. The van der Waals surface area contributed by atoms with Crippen molar-refractivity contribution in [3.8, 4) is 0 Å². The fraction of sp³-hybridized carbons (Fsp3) is 0.316. The van der Waals surface area contributed by atoms with Crippen molar-refractivity contribution in [1.82, 2.24) is 15.1 Å². The molecular weight excluding hydrogens is 396 g/mol. The Hall–Kier alpha value is -1.90. The molecule has 1 aromatic carbocycles. The second kappa shape index (κ2) is 8.86. The van der Waals surface area contributed by atoms with Crippen LogP contribution in [0.5, 0.6) is 0 Å². The molecule has 1 N–H and O–H groups in total. The fourth-order valence-corrected chi connectivity index (χ4v) is 5.40. The summed E-state index contributed by atoms with van der Waals surface area (Å²) < 4.78 is 0.833. The molecule has 27 heavy (non-hydrogen) atoms. The third-order valence-electron chi connectivity index (χ3n) is 4.44. The van der Waals surface area contributed by atoms with Gasteiger partial charge in [0.2, 0.25) is 11.0 Å². The van der Waals surface area contributed by atoms with Crippen molar-refractivity contribution in [3.63, 3.8) is 0 Å². The van der Waals surface area contributed by atoms with Gasteiger partial charge in [-0.05, 0) is 35.4 Å². The zero-order valence-corrected chi connectivity index (χ0v) is 17.2. The number of amides is 1. The van der Waals surface area contributed by atoms with Gasteiger partial charge in [0.25, 0.3) is 0 Å². The van der Waals surface area contributed by atoms with Crippen LogP contribution in [0.4, 0.5) is 5.13 Å². The Kier molecular flexibility index (Phi) is 6.06. The molecule has 4 rings (SSSR count). The average Bonchev–Trinajstić information content (AvgIpc) is 3.38. The Morgan fingerprint density at radius 3 is 2.93 bits per heavy atom. The zero-order chi connectivity index (χ0) is 18.5. The van der Waals surface area contributed by atoms with Crippen molar-refractivity contribution >= 4 is 45.5 Å². The summed E-state index contributed by atoms with van der Waals surface area (Å²) in [6, 6.07) is 12.6. The van der Waals surface area contributed by atoms with E-state index in [0.29, 0.717) is 12.3 Å². The molecule has 0 radical (unpaired) electrons. The molecule has 2 aromatic heterocycles. The van der Waals surface area contributed by atoms with E-state index >= 15 is 0 Å². The smallest absolute Gasteiger partial charge is 0.233 e. The number of fused-ring (bicyclic) bond motifs is 1. The second-order valence-electron chi connectivity index (χ2n) is 6.25. The van der Waals surface area contributed by atoms with Crippen LogP contribution in [0, 0.1) is 0 Å². The summed E-state index contributed by atoms with van der Waals surface area (Å²) in [5.74, 6) is 0.573. The lowest BCUT2D eigenvalue weighted by molar-refractivity contribution is -0.129. The third kappa shape index (κ3) is 4.88. The summed E-state index contributed by atoms with van der Waals surface area (Å²) in [5.41, 5.74) is 2.62. The molecule has 0 saturated heterocycles. The molecule has 3 heterocycles. The number of carbonyl (C=O) groups excluding carboxylic acids is 1. The SMILES string of the molecule is O=C(CSc1nnc(NCCc2cccs2)s1)N1CCc2ccccc2C1. The number of nitrogens with one attached hydrogen (secondary N) is 1. The number of nitrogens with zero attached hydrogens (tertiary/aromatic N) is 3. The summed E-state index contributed by atoms with van der Waals surface area (Å²) in [6.45, 7) is 2.34. The number of thiophene rings is 1. The van der Waals surface area contributed by atoms with E-state index in [1.807, 2.05) is 11.0 Å². The van der Waals surface area contributed by atoms with E-state index in [2.05, 4.69) is 51.2 Å². The molecule has 0 saturated carbocycles. The predicted molar refractivity (Wildman–Crippen MR) is 113 cm³/mol. The number of thioether (sulfide) groups is 1. The topological polar surface area (TPSA) is 58.1 Å². The number of carbonyl (C=O) groups is 1. The van der Waals surface area contributed by atoms with Gasteiger partial charge in [0.05, 0.1) is 5.75 Å². The molecule has 0 unspecified atom stereocenters. The van der Waals surface area contributed by atoms with Gasteiger partial charge in [0.1, 0.15) is 0 Å². The highest BCUT2D eigenvalue weighted by Crippen LogP contribution is 2.26. The van der Waals surface area contributed by atoms with Crippen molar-refractivity contribution < 1.29 is 4.79 Å². The molecule has 0 spiro atoms. The highest BCUT2D eigenvalue weighted by molar-refractivity contribution is 8.01. The van der Waals surface area contributed by atoms with Gasteiger partial charge in [0, 0.05) is 24.5 Å². The maximum Gasteiger partial charge on any atom is 0.233 e. The number of rotatable bonds is 7. The molecule has 1 amide bonds. The van der Waals surface area contributed by atoms with Crippen LogP contribution in [0.15, 0.2) is 46.1 Å². The van der Waals surface area contributed by atoms with Gasteiger partial charge < -0.3 is 10.2 Å². The lowest BCUT2D eigenvalue weighted by Gasteiger charge is -2.28. The van der Waals surface area contributed by atoms with Crippen molar-refractivity contribution in [2.45, 2.75) is 23.7 Å². The number of anilines is 1. The summed E-state index contributed by atoms with van der Waals surface area (Å²) in [7, 11) is 0. The van der Waals surface area contributed by atoms with Crippen LogP contribution in [0.1, 0.15) is 16.0 Å². The van der Waals surface area contributed by atoms with Crippen molar-refractivity contribution in [1.29, 1.82) is 0 Å². The summed E-state index contributed by atoms with van der Waals surface area (Å²) in [5, 5.41) is 14.6. The van der Waals surface area contributed by atoms with Crippen LogP contribution >= 0.6 is 34.4 Å². The van der Waals surface area contributed by atoms with E-state index < -0.39 is 0 Å². The quantitative estimate of drug-likeness (QED) is 0.592. The largest absolute Gasteiger partial charge is 0.360 e. The minimum atomic E-state index is 0.164. The Bertz CT molecular complexity index is 894. The summed E-state index contributed by atoms with van der Waals surface area (Å²) >= 11 is 4.75. The highest BCUT2D eigenvalue weighted by Gasteiger charge is 2.20. The van der Waals surface area contributed by atoms with Crippen molar-refractivity contribution in [2.75, 3.05) is 24.2 Å². The lowest BCUT2D eigenvalue weighted by Crippen LogP contribution is -2.37. The number of benzene rings is 1. The molecule has 3 aromatic rings. The highest BCUT2D eigenvalue weighted by atomic mass is 32.2. The normalized spacial score (nSPS) is 13.4. The first-order valence-electron chi connectivity index (χ1n) is 8.85. The maximum atomic E-state index is 12.5. The lowest BCUT2D eigenvalue weighted by atomic mass is 10.00. The summed E-state index contributed by atoms with van der Waals surface area (Å²) in [6.07, 6.45) is 1.92. The van der Waals surface area contributed by atoms with Crippen LogP contribution in [0.3, 0.4) is 0 Å². The predicted octanol–water partition coefficient (Wildman–Crippen LogP) is 3.93. The van der Waals surface area contributed by atoms with Gasteiger partial charge in [-0.15, -0.1) is 21.5 Å². The first-order chi connectivity index (χ1) is 13.3. The van der Waals surface area contributed by atoms with E-state index in [1.165, 1.54) is 39.1 Å². The van der Waals surface area contributed by atoms with E-state index in [-0.39, 0.29) is 5.91 Å². The number of hydrogen-bond donors (Lipinski definition) is 1. The fourth-order valence-electron chi connectivity index (χ4n) is 3.01. The summed E-state index contributed by atoms with van der Waals surface area (Å²) in [4.78, 5) is 15.8. The zero-order valence-electron chi connectivity index (χ0n) is 14.8. The molecule has 0 bridgehead atoms. The standard InChI is InChI=1S/C19H20N4OS3/c24-17(23-10-8-14-4-1-2-5-15(14)12-23)13-26-19-22-21-18(27-19)20-9-7-16-6-3-11-25-16/h1-6,11H,7-10,12-13H2,(H,20,21). The second-order valence-corrected chi connectivity index (χ2v) is 9.48. The van der Waals surface area contributed by atoms with Gasteiger partial charge in [-0.1, -0.05) is 53.4 Å². The minimum absolute atomic E-state index is 0.164. The minimum Gasteiger partial charge on any atom is -0.360 e. The average molecular weight is 417 g/mol. The van der Waals surface area contributed by atoms with Crippen LogP contribution < -0.4 is 5.32 Å². The van der Waals surface area contributed by atoms with E-state index in [0.717, 1.165) is 35.4 Å². The Morgan fingerprint density at radius 1 is 1.19 bits per heavy atom. The molecule has 0 fully saturated rings. The van der Waals surface area contributed by atoms with Crippen LogP contribution in [0.2, 0.25) is 0 Å². The van der Waals surface area contributed by atoms with Crippen molar-refractivity contribution in [3.05, 3.63) is 57.8 Å². The molecule has 1 aliphatic rings. The van der Waals surface area contributed by atoms with E-state index in [9.17, 15) is 4.79 Å². The Balaban J connectivity index is 1.23. The monoisotopic (exact) mass is 416 g/mol. The Labute approximate surface area is 170 Å². The van der Waals surface area contributed by atoms with E-state index in [4.69, 9.17) is 0 Å². The molecule has 140 valence electrons. The number of aromatic nitrogens is 2. The molecule has 0 aliphatic carbocycles. The molecule has 0 atom stereocenters. The molecular formula is C19H20N4OS3. The van der Waals surface area contributed by atoms with Gasteiger partial charge in [-0.25, -0.2) is 0 Å². The van der Waals surface area contributed by atoms with Crippen molar-refractivity contribution in [2.24, 2.45) is 0 Å². The maximum absolute atomic E-state index is 12.5. The van der Waals surface area contributed by atoms with Gasteiger partial charge in [0.15, 0.2) is 4.34 Å². The van der Waals surface area contributed by atoms with Gasteiger partial charge in [-0.3, -0.25) is 4.79 Å². The van der Waals surface area contributed by atoms with Crippen LogP contribution in [0.25, 0.3) is 0 Å². The third-order valence-corrected chi connectivity index (χ3v) is 7.37. The molecule has 5 nitrogen and oxygen atoms in total. The van der Waals surface area contributed by atoms with Gasteiger partial charge in [-0.2, -0.15) is 0 Å². The van der Waals surface area contributed by atoms with Crippen LogP contribution in [-0.2, 0) is 24.2 Å². The first kappa shape index (κ1) is 18.5. The van der Waals surface area contributed by atoms with Crippen LogP contribution in [-0.4, -0.2) is 39.8 Å².